The van der Waals surface area contributed by atoms with Gasteiger partial charge in [0.25, 0.3) is 0 Å². The fourth-order valence-electron chi connectivity index (χ4n) is 1.22. The number of carbonyl (C=O) groups excluding carboxylic acids is 2. The quantitative estimate of drug-likeness (QED) is 0.556. The van der Waals surface area contributed by atoms with Crippen LogP contribution in [-0.4, -0.2) is 30.9 Å². The SMILES string of the molecule is COC(=O)C(=O)N(C)Cc1cccc(F)c1. The van der Waals surface area contributed by atoms with E-state index in [1.54, 1.807) is 12.1 Å². The normalized spacial score (nSPS) is 9.69. The lowest BCUT2D eigenvalue weighted by atomic mass is 10.2. The predicted octanol–water partition coefficient (Wildman–Crippen LogP) is 0.957. The summed E-state index contributed by atoms with van der Waals surface area (Å²) >= 11 is 0. The van der Waals surface area contributed by atoms with Crippen LogP contribution in [0.1, 0.15) is 5.56 Å². The van der Waals surface area contributed by atoms with Crippen LogP contribution in [0.15, 0.2) is 24.3 Å². The van der Waals surface area contributed by atoms with Crippen molar-refractivity contribution in [3.05, 3.63) is 35.6 Å². The third-order valence-corrected chi connectivity index (χ3v) is 2.02. The molecule has 0 bridgehead atoms. The van der Waals surface area contributed by atoms with Gasteiger partial charge in [-0.25, -0.2) is 9.18 Å². The summed E-state index contributed by atoms with van der Waals surface area (Å²) in [5.41, 5.74) is 0.611. The number of likely N-dealkylation sites (N-methyl/N-ethyl adjacent to an activating group) is 1. The van der Waals surface area contributed by atoms with Crippen LogP contribution >= 0.6 is 0 Å². The zero-order chi connectivity index (χ0) is 12.1. The standard InChI is InChI=1S/C11H12FNO3/c1-13(10(14)11(15)16-2)7-8-4-3-5-9(12)6-8/h3-6H,7H2,1-2H3. The van der Waals surface area contributed by atoms with Crippen molar-refractivity contribution in [2.45, 2.75) is 6.54 Å². The van der Waals surface area contributed by atoms with Crippen LogP contribution in [0.25, 0.3) is 0 Å². The monoisotopic (exact) mass is 225 g/mol. The van der Waals surface area contributed by atoms with Gasteiger partial charge < -0.3 is 9.64 Å². The largest absolute Gasteiger partial charge is 0.462 e. The minimum absolute atomic E-state index is 0.158. The van der Waals surface area contributed by atoms with Gasteiger partial charge in [-0.1, -0.05) is 12.1 Å². The third kappa shape index (κ3) is 3.05. The number of esters is 1. The summed E-state index contributed by atoms with van der Waals surface area (Å²) in [7, 11) is 2.58. The number of carbonyl (C=O) groups is 2. The van der Waals surface area contributed by atoms with Gasteiger partial charge in [0.05, 0.1) is 7.11 Å². The Hall–Kier alpha value is -1.91. The van der Waals surface area contributed by atoms with Gasteiger partial charge in [0.15, 0.2) is 0 Å². The molecule has 4 nitrogen and oxygen atoms in total. The van der Waals surface area contributed by atoms with Crippen molar-refractivity contribution in [2.24, 2.45) is 0 Å². The molecule has 16 heavy (non-hydrogen) atoms. The van der Waals surface area contributed by atoms with Crippen molar-refractivity contribution in [2.75, 3.05) is 14.2 Å². The van der Waals surface area contributed by atoms with Crippen molar-refractivity contribution in [1.29, 1.82) is 0 Å². The van der Waals surface area contributed by atoms with Crippen molar-refractivity contribution in [1.82, 2.24) is 4.90 Å². The Labute approximate surface area is 92.6 Å². The number of amides is 1. The highest BCUT2D eigenvalue weighted by atomic mass is 19.1. The summed E-state index contributed by atoms with van der Waals surface area (Å²) < 4.78 is 17.1. The van der Waals surface area contributed by atoms with Crippen molar-refractivity contribution in [3.8, 4) is 0 Å². The number of hydrogen-bond donors (Lipinski definition) is 0. The predicted molar refractivity (Wildman–Crippen MR) is 54.9 cm³/mol. The summed E-state index contributed by atoms with van der Waals surface area (Å²) in [6.07, 6.45) is 0. The number of rotatable bonds is 2. The molecule has 0 N–H and O–H groups in total. The molecule has 5 heteroatoms. The maximum atomic E-state index is 12.8. The molecule has 0 fully saturated rings. The minimum Gasteiger partial charge on any atom is -0.462 e. The van der Waals surface area contributed by atoms with Crippen molar-refractivity contribution >= 4 is 11.9 Å². The molecule has 0 aliphatic rings. The molecule has 0 saturated carbocycles. The van der Waals surface area contributed by atoms with Crippen LogP contribution in [0.5, 0.6) is 0 Å². The number of ether oxygens (including phenoxy) is 1. The van der Waals surface area contributed by atoms with E-state index in [-0.39, 0.29) is 12.4 Å². The van der Waals surface area contributed by atoms with E-state index in [4.69, 9.17) is 0 Å². The molecule has 1 aromatic rings. The highest BCUT2D eigenvalue weighted by Crippen LogP contribution is 2.06. The van der Waals surface area contributed by atoms with E-state index in [9.17, 15) is 14.0 Å². The topological polar surface area (TPSA) is 46.6 Å². The van der Waals surface area contributed by atoms with Crippen LogP contribution in [0.2, 0.25) is 0 Å². The second kappa shape index (κ2) is 5.25. The van der Waals surface area contributed by atoms with E-state index in [0.717, 1.165) is 7.11 Å². The lowest BCUT2D eigenvalue weighted by molar-refractivity contribution is -0.157. The highest BCUT2D eigenvalue weighted by molar-refractivity contribution is 6.32. The fourth-order valence-corrected chi connectivity index (χ4v) is 1.22. The molecular weight excluding hydrogens is 213 g/mol. The molecule has 86 valence electrons. The lowest BCUT2D eigenvalue weighted by Gasteiger charge is -2.15. The molecule has 1 aromatic carbocycles. The number of nitrogens with zero attached hydrogens (tertiary/aromatic N) is 1. The second-order valence-electron chi connectivity index (χ2n) is 3.28. The van der Waals surface area contributed by atoms with Crippen LogP contribution in [-0.2, 0) is 20.9 Å². The Morgan fingerprint density at radius 2 is 2.12 bits per heavy atom. The Balaban J connectivity index is 2.67. The van der Waals surface area contributed by atoms with E-state index in [2.05, 4.69) is 4.74 Å². The Morgan fingerprint density at radius 1 is 1.44 bits per heavy atom. The smallest absolute Gasteiger partial charge is 0.396 e. The first-order valence-electron chi connectivity index (χ1n) is 4.62. The number of hydrogen-bond acceptors (Lipinski definition) is 3. The molecule has 0 aliphatic heterocycles. The van der Waals surface area contributed by atoms with Crippen LogP contribution in [0.3, 0.4) is 0 Å². The van der Waals surface area contributed by atoms with E-state index in [0.29, 0.717) is 5.56 Å². The van der Waals surface area contributed by atoms with Gasteiger partial charge in [-0.3, -0.25) is 4.79 Å². The molecule has 0 aliphatic carbocycles. The third-order valence-electron chi connectivity index (χ3n) is 2.02. The van der Waals surface area contributed by atoms with E-state index in [1.165, 1.54) is 24.1 Å². The van der Waals surface area contributed by atoms with Gasteiger partial charge in [0.1, 0.15) is 5.82 Å². The summed E-state index contributed by atoms with van der Waals surface area (Å²) in [4.78, 5) is 23.4. The average molecular weight is 225 g/mol. The molecule has 1 rings (SSSR count). The van der Waals surface area contributed by atoms with Crippen LogP contribution in [0.4, 0.5) is 4.39 Å². The van der Waals surface area contributed by atoms with Crippen molar-refractivity contribution in [3.63, 3.8) is 0 Å². The van der Waals surface area contributed by atoms with Crippen LogP contribution in [0, 0.1) is 5.82 Å². The van der Waals surface area contributed by atoms with E-state index < -0.39 is 11.9 Å². The fraction of sp³-hybridized carbons (Fsp3) is 0.273. The summed E-state index contributed by atoms with van der Waals surface area (Å²) in [6, 6.07) is 5.83. The maximum Gasteiger partial charge on any atom is 0.396 e. The Bertz CT molecular complexity index is 406. The number of halogens is 1. The first-order valence-corrected chi connectivity index (χ1v) is 4.62. The molecular formula is C11H12FNO3. The summed E-state index contributed by atoms with van der Waals surface area (Å²) in [5.74, 6) is -2.07. The molecule has 0 atom stereocenters. The Kier molecular flexibility index (Phi) is 3.99. The van der Waals surface area contributed by atoms with Gasteiger partial charge in [0, 0.05) is 13.6 Å². The summed E-state index contributed by atoms with van der Waals surface area (Å²) in [6.45, 7) is 0.158. The van der Waals surface area contributed by atoms with E-state index in [1.807, 2.05) is 0 Å². The van der Waals surface area contributed by atoms with Crippen LogP contribution < -0.4 is 0 Å². The zero-order valence-electron chi connectivity index (χ0n) is 9.07. The van der Waals surface area contributed by atoms with Gasteiger partial charge in [-0.05, 0) is 17.7 Å². The first-order chi connectivity index (χ1) is 7.54. The van der Waals surface area contributed by atoms with E-state index >= 15 is 0 Å². The first kappa shape index (κ1) is 12.2. The van der Waals surface area contributed by atoms with Gasteiger partial charge in [-0.2, -0.15) is 0 Å². The second-order valence-corrected chi connectivity index (χ2v) is 3.28. The van der Waals surface area contributed by atoms with Gasteiger partial charge in [-0.15, -0.1) is 0 Å². The summed E-state index contributed by atoms with van der Waals surface area (Å²) in [5, 5.41) is 0. The lowest BCUT2D eigenvalue weighted by Crippen LogP contribution is -2.33. The molecule has 0 aromatic heterocycles. The maximum absolute atomic E-state index is 12.8. The zero-order valence-corrected chi connectivity index (χ0v) is 9.07. The van der Waals surface area contributed by atoms with Gasteiger partial charge in [0.2, 0.25) is 0 Å². The molecule has 0 unspecified atom stereocenters. The Morgan fingerprint density at radius 3 is 2.69 bits per heavy atom. The average Bonchev–Trinajstić information content (AvgIpc) is 2.27. The number of methoxy groups -OCH3 is 1. The minimum atomic E-state index is -0.932. The van der Waals surface area contributed by atoms with Crippen molar-refractivity contribution < 1.29 is 18.7 Å². The van der Waals surface area contributed by atoms with Gasteiger partial charge >= 0.3 is 11.9 Å². The molecule has 0 heterocycles. The molecule has 0 saturated heterocycles. The molecule has 0 radical (unpaired) electrons. The molecule has 1 amide bonds. The number of benzene rings is 1. The highest BCUT2D eigenvalue weighted by Gasteiger charge is 2.18. The molecule has 0 spiro atoms.